The molecule has 0 atom stereocenters. The molecule has 2 aromatic rings. The molecule has 1 N–H and O–H groups in total. The predicted molar refractivity (Wildman–Crippen MR) is 76.7 cm³/mol. The van der Waals surface area contributed by atoms with E-state index in [2.05, 4.69) is 28.5 Å². The lowest BCUT2D eigenvalue weighted by atomic mass is 10.1. The van der Waals surface area contributed by atoms with Crippen LogP contribution >= 0.6 is 0 Å². The van der Waals surface area contributed by atoms with E-state index in [0.29, 0.717) is 6.61 Å². The van der Waals surface area contributed by atoms with Gasteiger partial charge in [-0.3, -0.25) is 0 Å². The van der Waals surface area contributed by atoms with E-state index in [1.807, 2.05) is 18.2 Å². The highest BCUT2D eigenvalue weighted by Gasteiger charge is 2.10. The SMILES string of the molecule is c1ccc(NCCOc2ccc3c(c2)CCC3)nc1. The normalized spacial score (nSPS) is 13.1. The Balaban J connectivity index is 1.48. The van der Waals surface area contributed by atoms with E-state index in [9.17, 15) is 0 Å². The van der Waals surface area contributed by atoms with Crippen molar-refractivity contribution in [2.45, 2.75) is 19.3 Å². The summed E-state index contributed by atoms with van der Waals surface area (Å²) in [5, 5.41) is 3.23. The molecule has 1 aliphatic carbocycles. The number of ether oxygens (including phenoxy) is 1. The second-order valence-electron chi connectivity index (χ2n) is 4.77. The average molecular weight is 254 g/mol. The van der Waals surface area contributed by atoms with Crippen molar-refractivity contribution in [2.75, 3.05) is 18.5 Å². The second kappa shape index (κ2) is 5.74. The van der Waals surface area contributed by atoms with Gasteiger partial charge in [0.05, 0.1) is 6.54 Å². The van der Waals surface area contributed by atoms with Crippen molar-refractivity contribution >= 4 is 5.82 Å². The summed E-state index contributed by atoms with van der Waals surface area (Å²) in [6.45, 7) is 1.41. The van der Waals surface area contributed by atoms with Crippen LogP contribution in [-0.2, 0) is 12.8 Å². The fraction of sp³-hybridized carbons (Fsp3) is 0.312. The molecule has 3 heteroatoms. The van der Waals surface area contributed by atoms with Gasteiger partial charge in [0.15, 0.2) is 0 Å². The summed E-state index contributed by atoms with van der Waals surface area (Å²) in [5.41, 5.74) is 2.94. The molecule has 1 heterocycles. The number of aryl methyl sites for hydroxylation is 2. The summed E-state index contributed by atoms with van der Waals surface area (Å²) in [6, 6.07) is 12.3. The molecule has 0 saturated heterocycles. The molecule has 98 valence electrons. The quantitative estimate of drug-likeness (QED) is 0.833. The molecule has 0 bridgehead atoms. The Morgan fingerprint density at radius 1 is 1.11 bits per heavy atom. The lowest BCUT2D eigenvalue weighted by Gasteiger charge is -2.09. The van der Waals surface area contributed by atoms with Crippen molar-refractivity contribution in [2.24, 2.45) is 0 Å². The number of nitrogens with zero attached hydrogens (tertiary/aromatic N) is 1. The van der Waals surface area contributed by atoms with Gasteiger partial charge >= 0.3 is 0 Å². The molecule has 0 radical (unpaired) electrons. The minimum absolute atomic E-state index is 0.648. The molecule has 0 amide bonds. The summed E-state index contributed by atoms with van der Waals surface area (Å²) in [6.07, 6.45) is 5.47. The van der Waals surface area contributed by atoms with Crippen molar-refractivity contribution in [3.05, 3.63) is 53.7 Å². The Bertz CT molecular complexity index is 540. The van der Waals surface area contributed by atoms with E-state index in [1.165, 1.54) is 30.4 Å². The van der Waals surface area contributed by atoms with Crippen molar-refractivity contribution < 1.29 is 4.74 Å². The fourth-order valence-corrected chi connectivity index (χ4v) is 2.45. The van der Waals surface area contributed by atoms with Crippen molar-refractivity contribution in [1.29, 1.82) is 0 Å². The van der Waals surface area contributed by atoms with Crippen LogP contribution in [0.25, 0.3) is 0 Å². The van der Waals surface area contributed by atoms with E-state index in [-0.39, 0.29) is 0 Å². The Morgan fingerprint density at radius 3 is 2.95 bits per heavy atom. The molecule has 0 saturated carbocycles. The smallest absolute Gasteiger partial charge is 0.125 e. The van der Waals surface area contributed by atoms with Gasteiger partial charge in [-0.1, -0.05) is 12.1 Å². The van der Waals surface area contributed by atoms with Gasteiger partial charge in [0, 0.05) is 6.20 Å². The largest absolute Gasteiger partial charge is 0.492 e. The number of hydrogen-bond acceptors (Lipinski definition) is 3. The maximum atomic E-state index is 5.76. The number of rotatable bonds is 5. The van der Waals surface area contributed by atoms with E-state index < -0.39 is 0 Å². The van der Waals surface area contributed by atoms with Gasteiger partial charge in [0.1, 0.15) is 18.2 Å². The third-order valence-electron chi connectivity index (χ3n) is 3.41. The molecule has 3 nitrogen and oxygen atoms in total. The minimum atomic E-state index is 0.648. The zero-order chi connectivity index (χ0) is 12.9. The number of hydrogen-bond donors (Lipinski definition) is 1. The maximum absolute atomic E-state index is 5.76. The molecule has 0 aliphatic heterocycles. The van der Waals surface area contributed by atoms with Gasteiger partial charge in [0.25, 0.3) is 0 Å². The first-order chi connectivity index (χ1) is 9.42. The lowest BCUT2D eigenvalue weighted by molar-refractivity contribution is 0.332. The first-order valence-electron chi connectivity index (χ1n) is 6.81. The fourth-order valence-electron chi connectivity index (χ4n) is 2.45. The van der Waals surface area contributed by atoms with Crippen LogP contribution in [0.15, 0.2) is 42.6 Å². The molecule has 1 aliphatic rings. The third kappa shape index (κ3) is 3.05. The Labute approximate surface area is 113 Å². The molecular weight excluding hydrogens is 236 g/mol. The molecule has 0 unspecified atom stereocenters. The third-order valence-corrected chi connectivity index (χ3v) is 3.41. The first kappa shape index (κ1) is 12.0. The number of anilines is 1. The standard InChI is InChI=1S/C16H18N2O/c1-2-9-17-16(6-1)18-10-11-19-15-8-7-13-4-3-5-14(13)12-15/h1-2,6-9,12H,3-5,10-11H2,(H,17,18). The average Bonchev–Trinajstić information content (AvgIpc) is 2.92. The van der Waals surface area contributed by atoms with E-state index in [0.717, 1.165) is 18.1 Å². The summed E-state index contributed by atoms with van der Waals surface area (Å²) in [5.74, 6) is 1.86. The Kier molecular flexibility index (Phi) is 3.63. The first-order valence-corrected chi connectivity index (χ1v) is 6.81. The van der Waals surface area contributed by atoms with Crippen LogP contribution in [0.5, 0.6) is 5.75 Å². The van der Waals surface area contributed by atoms with Gasteiger partial charge in [-0.15, -0.1) is 0 Å². The number of aromatic nitrogens is 1. The van der Waals surface area contributed by atoms with Crippen molar-refractivity contribution in [3.8, 4) is 5.75 Å². The van der Waals surface area contributed by atoms with Crippen LogP contribution in [0.2, 0.25) is 0 Å². The molecular formula is C16H18N2O. The predicted octanol–water partition coefficient (Wildman–Crippen LogP) is 3.06. The monoisotopic (exact) mass is 254 g/mol. The number of nitrogens with one attached hydrogen (secondary N) is 1. The minimum Gasteiger partial charge on any atom is -0.492 e. The Morgan fingerprint density at radius 2 is 2.05 bits per heavy atom. The Hall–Kier alpha value is -2.03. The highest BCUT2D eigenvalue weighted by Crippen LogP contribution is 2.25. The zero-order valence-corrected chi connectivity index (χ0v) is 10.9. The van der Waals surface area contributed by atoms with Gasteiger partial charge in [-0.25, -0.2) is 4.98 Å². The molecule has 0 spiro atoms. The molecule has 0 fully saturated rings. The van der Waals surface area contributed by atoms with E-state index >= 15 is 0 Å². The van der Waals surface area contributed by atoms with Crippen LogP contribution < -0.4 is 10.1 Å². The molecule has 1 aromatic heterocycles. The van der Waals surface area contributed by atoms with Crippen LogP contribution in [-0.4, -0.2) is 18.1 Å². The van der Waals surface area contributed by atoms with Crippen molar-refractivity contribution in [1.82, 2.24) is 4.98 Å². The molecule has 3 rings (SSSR count). The van der Waals surface area contributed by atoms with Crippen molar-refractivity contribution in [3.63, 3.8) is 0 Å². The number of benzene rings is 1. The van der Waals surface area contributed by atoms with Crippen LogP contribution in [0.3, 0.4) is 0 Å². The maximum Gasteiger partial charge on any atom is 0.125 e. The topological polar surface area (TPSA) is 34.1 Å². The van der Waals surface area contributed by atoms with Crippen LogP contribution in [0.1, 0.15) is 17.5 Å². The lowest BCUT2D eigenvalue weighted by Crippen LogP contribution is -2.12. The number of fused-ring (bicyclic) bond motifs is 1. The summed E-state index contributed by atoms with van der Waals surface area (Å²) >= 11 is 0. The van der Waals surface area contributed by atoms with E-state index in [4.69, 9.17) is 4.74 Å². The van der Waals surface area contributed by atoms with Gasteiger partial charge in [-0.2, -0.15) is 0 Å². The van der Waals surface area contributed by atoms with Gasteiger partial charge in [0.2, 0.25) is 0 Å². The summed E-state index contributed by atoms with van der Waals surface area (Å²) in [7, 11) is 0. The molecule has 19 heavy (non-hydrogen) atoms. The number of pyridine rings is 1. The summed E-state index contributed by atoms with van der Waals surface area (Å²) < 4.78 is 5.76. The van der Waals surface area contributed by atoms with Gasteiger partial charge in [-0.05, 0) is 54.7 Å². The highest BCUT2D eigenvalue weighted by atomic mass is 16.5. The van der Waals surface area contributed by atoms with Crippen LogP contribution in [0.4, 0.5) is 5.82 Å². The van der Waals surface area contributed by atoms with E-state index in [1.54, 1.807) is 6.20 Å². The summed E-state index contributed by atoms with van der Waals surface area (Å²) in [4.78, 5) is 4.20. The second-order valence-corrected chi connectivity index (χ2v) is 4.77. The van der Waals surface area contributed by atoms with Gasteiger partial charge < -0.3 is 10.1 Å². The van der Waals surface area contributed by atoms with Crippen LogP contribution in [0, 0.1) is 0 Å². The zero-order valence-electron chi connectivity index (χ0n) is 10.9. The highest BCUT2D eigenvalue weighted by molar-refractivity contribution is 5.38. The molecule has 1 aromatic carbocycles.